The molecule has 0 spiro atoms. The maximum absolute atomic E-state index is 4.41. The molecule has 0 radical (unpaired) electrons. The molecule has 2 aromatic rings. The van der Waals surface area contributed by atoms with E-state index in [-0.39, 0.29) is 0 Å². The number of nitrogens with zero attached hydrogens (tertiary/aromatic N) is 3. The maximum Gasteiger partial charge on any atom is 0.243 e. The van der Waals surface area contributed by atoms with E-state index in [1.807, 2.05) is 24.3 Å². The van der Waals surface area contributed by atoms with Crippen molar-refractivity contribution in [3.8, 4) is 0 Å². The summed E-state index contributed by atoms with van der Waals surface area (Å²) in [5.74, 6) is 1.36. The van der Waals surface area contributed by atoms with Crippen LogP contribution < -0.4 is 5.32 Å². The number of aromatic nitrogens is 3. The molecule has 0 unspecified atom stereocenters. The summed E-state index contributed by atoms with van der Waals surface area (Å²) in [6.07, 6.45) is 2.35. The minimum atomic E-state index is 0.618. The fourth-order valence-corrected chi connectivity index (χ4v) is 1.67. The van der Waals surface area contributed by atoms with E-state index in [4.69, 9.17) is 0 Å². The number of anilines is 1. The number of hydrogen-bond acceptors (Lipinski definition) is 4. The van der Waals surface area contributed by atoms with Crippen LogP contribution in [0.4, 0.5) is 5.95 Å². The van der Waals surface area contributed by atoms with Crippen LogP contribution in [-0.4, -0.2) is 21.7 Å². The second kappa shape index (κ2) is 5.57. The van der Waals surface area contributed by atoms with Crippen molar-refractivity contribution in [1.82, 2.24) is 15.2 Å². The van der Waals surface area contributed by atoms with Gasteiger partial charge < -0.3 is 5.32 Å². The van der Waals surface area contributed by atoms with Crippen molar-refractivity contribution in [2.45, 2.75) is 26.7 Å². The Kier molecular flexibility index (Phi) is 3.85. The van der Waals surface area contributed by atoms with Crippen LogP contribution in [0.25, 0.3) is 11.0 Å². The first kappa shape index (κ1) is 11.8. The molecule has 0 fully saturated rings. The van der Waals surface area contributed by atoms with Gasteiger partial charge in [-0.15, -0.1) is 10.2 Å². The summed E-state index contributed by atoms with van der Waals surface area (Å²) in [5.41, 5.74) is 1.72. The van der Waals surface area contributed by atoms with Crippen molar-refractivity contribution in [1.29, 1.82) is 0 Å². The lowest BCUT2D eigenvalue weighted by atomic mass is 10.1. The average Bonchev–Trinajstić information content (AvgIpc) is 2.34. The Labute approximate surface area is 101 Å². The summed E-state index contributed by atoms with van der Waals surface area (Å²) in [4.78, 5) is 4.41. The van der Waals surface area contributed by atoms with E-state index < -0.39 is 0 Å². The SMILES string of the molecule is CC(C)CCCNc1nnc2ccccc2n1. The lowest BCUT2D eigenvalue weighted by Gasteiger charge is -2.06. The highest BCUT2D eigenvalue weighted by molar-refractivity contribution is 5.73. The summed E-state index contributed by atoms with van der Waals surface area (Å²) in [6, 6.07) is 7.76. The highest BCUT2D eigenvalue weighted by atomic mass is 15.2. The third kappa shape index (κ3) is 3.37. The molecule has 1 N–H and O–H groups in total. The third-order valence-electron chi connectivity index (χ3n) is 2.60. The number of rotatable bonds is 5. The Morgan fingerprint density at radius 2 is 1.88 bits per heavy atom. The number of benzene rings is 1. The number of fused-ring (bicyclic) bond motifs is 1. The van der Waals surface area contributed by atoms with Crippen LogP contribution in [0, 0.1) is 5.92 Å². The third-order valence-corrected chi connectivity index (χ3v) is 2.60. The second-order valence-corrected chi connectivity index (χ2v) is 4.59. The molecule has 2 rings (SSSR count). The standard InChI is InChI=1S/C13H18N4/c1-10(2)6-5-9-14-13-15-11-7-3-4-8-12(11)16-17-13/h3-4,7-8,10H,5-6,9H2,1-2H3,(H,14,15,17). The maximum atomic E-state index is 4.41. The molecular formula is C13H18N4. The molecule has 0 aliphatic rings. The van der Waals surface area contributed by atoms with Gasteiger partial charge in [0.2, 0.25) is 5.95 Å². The Morgan fingerprint density at radius 3 is 2.65 bits per heavy atom. The zero-order valence-electron chi connectivity index (χ0n) is 10.3. The molecule has 0 saturated carbocycles. The topological polar surface area (TPSA) is 50.7 Å². The Hall–Kier alpha value is -1.71. The van der Waals surface area contributed by atoms with Gasteiger partial charge in [-0.25, -0.2) is 4.98 Å². The van der Waals surface area contributed by atoms with Crippen molar-refractivity contribution >= 4 is 17.0 Å². The van der Waals surface area contributed by atoms with Crippen LogP contribution in [0.15, 0.2) is 24.3 Å². The smallest absolute Gasteiger partial charge is 0.243 e. The molecule has 1 aromatic carbocycles. The van der Waals surface area contributed by atoms with Crippen molar-refractivity contribution in [2.24, 2.45) is 5.92 Å². The summed E-state index contributed by atoms with van der Waals surface area (Å²) in [7, 11) is 0. The van der Waals surface area contributed by atoms with Crippen molar-refractivity contribution in [3.63, 3.8) is 0 Å². The predicted octanol–water partition coefficient (Wildman–Crippen LogP) is 2.87. The van der Waals surface area contributed by atoms with Gasteiger partial charge in [0, 0.05) is 6.54 Å². The largest absolute Gasteiger partial charge is 0.353 e. The van der Waals surface area contributed by atoms with Crippen molar-refractivity contribution in [3.05, 3.63) is 24.3 Å². The van der Waals surface area contributed by atoms with E-state index in [2.05, 4.69) is 34.3 Å². The zero-order chi connectivity index (χ0) is 12.1. The van der Waals surface area contributed by atoms with Crippen LogP contribution >= 0.6 is 0 Å². The van der Waals surface area contributed by atoms with Gasteiger partial charge in [-0.3, -0.25) is 0 Å². The van der Waals surface area contributed by atoms with Crippen LogP contribution in [0.2, 0.25) is 0 Å². The molecule has 4 heteroatoms. The zero-order valence-corrected chi connectivity index (χ0v) is 10.3. The molecule has 0 aliphatic heterocycles. The van der Waals surface area contributed by atoms with Crippen molar-refractivity contribution < 1.29 is 0 Å². The fourth-order valence-electron chi connectivity index (χ4n) is 1.67. The van der Waals surface area contributed by atoms with Crippen LogP contribution in [0.5, 0.6) is 0 Å². The summed E-state index contributed by atoms with van der Waals surface area (Å²) >= 11 is 0. The molecule has 0 amide bonds. The first-order valence-electron chi connectivity index (χ1n) is 6.09. The summed E-state index contributed by atoms with van der Waals surface area (Å²) in [5, 5.41) is 11.4. The fraction of sp³-hybridized carbons (Fsp3) is 0.462. The summed E-state index contributed by atoms with van der Waals surface area (Å²) < 4.78 is 0. The first-order chi connectivity index (χ1) is 8.25. The molecule has 0 aliphatic carbocycles. The van der Waals surface area contributed by atoms with Crippen LogP contribution in [0.1, 0.15) is 26.7 Å². The Balaban J connectivity index is 1.95. The molecule has 0 bridgehead atoms. The molecular weight excluding hydrogens is 212 g/mol. The molecule has 1 aromatic heterocycles. The Morgan fingerprint density at radius 1 is 1.12 bits per heavy atom. The monoisotopic (exact) mass is 230 g/mol. The van der Waals surface area contributed by atoms with Gasteiger partial charge in [-0.1, -0.05) is 26.0 Å². The van der Waals surface area contributed by atoms with E-state index in [1.165, 1.54) is 6.42 Å². The van der Waals surface area contributed by atoms with Gasteiger partial charge >= 0.3 is 0 Å². The van der Waals surface area contributed by atoms with E-state index in [9.17, 15) is 0 Å². The lowest BCUT2D eigenvalue weighted by molar-refractivity contribution is 0.566. The summed E-state index contributed by atoms with van der Waals surface area (Å²) in [6.45, 7) is 5.36. The minimum absolute atomic E-state index is 0.618. The first-order valence-corrected chi connectivity index (χ1v) is 6.09. The molecule has 4 nitrogen and oxygen atoms in total. The lowest BCUT2D eigenvalue weighted by Crippen LogP contribution is -2.07. The number of para-hydroxylation sites is 1. The number of hydrogen-bond donors (Lipinski definition) is 1. The number of nitrogens with one attached hydrogen (secondary N) is 1. The van der Waals surface area contributed by atoms with Gasteiger partial charge in [0.1, 0.15) is 5.52 Å². The second-order valence-electron chi connectivity index (χ2n) is 4.59. The highest BCUT2D eigenvalue weighted by Crippen LogP contribution is 2.09. The van der Waals surface area contributed by atoms with Gasteiger partial charge in [-0.2, -0.15) is 0 Å². The minimum Gasteiger partial charge on any atom is -0.353 e. The highest BCUT2D eigenvalue weighted by Gasteiger charge is 2.00. The van der Waals surface area contributed by atoms with Crippen LogP contribution in [-0.2, 0) is 0 Å². The van der Waals surface area contributed by atoms with E-state index in [0.717, 1.165) is 29.9 Å². The van der Waals surface area contributed by atoms with Crippen LogP contribution in [0.3, 0.4) is 0 Å². The van der Waals surface area contributed by atoms with E-state index in [1.54, 1.807) is 0 Å². The Bertz CT molecular complexity index is 482. The van der Waals surface area contributed by atoms with Gasteiger partial charge in [0.25, 0.3) is 0 Å². The molecule has 17 heavy (non-hydrogen) atoms. The quantitative estimate of drug-likeness (QED) is 0.802. The van der Waals surface area contributed by atoms with Gasteiger partial charge in [-0.05, 0) is 30.9 Å². The molecule has 0 atom stereocenters. The molecule has 1 heterocycles. The van der Waals surface area contributed by atoms with Gasteiger partial charge in [0.15, 0.2) is 0 Å². The van der Waals surface area contributed by atoms with Crippen molar-refractivity contribution in [2.75, 3.05) is 11.9 Å². The van der Waals surface area contributed by atoms with E-state index >= 15 is 0 Å². The molecule has 90 valence electrons. The van der Waals surface area contributed by atoms with E-state index in [0.29, 0.717) is 5.95 Å². The average molecular weight is 230 g/mol. The molecule has 0 saturated heterocycles. The predicted molar refractivity (Wildman–Crippen MR) is 69.9 cm³/mol. The normalized spacial score (nSPS) is 11.0. The van der Waals surface area contributed by atoms with Gasteiger partial charge in [0.05, 0.1) is 5.52 Å².